The van der Waals surface area contributed by atoms with Crippen LogP contribution in [-0.2, 0) is 11.2 Å². The number of carbonyl (C=O) groups is 1. The zero-order chi connectivity index (χ0) is 19.0. The molecule has 0 aliphatic carbocycles. The summed E-state index contributed by atoms with van der Waals surface area (Å²) >= 11 is 0. The zero-order valence-electron chi connectivity index (χ0n) is 14.9. The van der Waals surface area contributed by atoms with Gasteiger partial charge in [0.1, 0.15) is 11.8 Å². The van der Waals surface area contributed by atoms with E-state index in [9.17, 15) is 18.0 Å². The van der Waals surface area contributed by atoms with Gasteiger partial charge in [0.2, 0.25) is 5.91 Å². The van der Waals surface area contributed by atoms with Crippen molar-refractivity contribution in [2.24, 2.45) is 0 Å². The van der Waals surface area contributed by atoms with Gasteiger partial charge in [-0.3, -0.25) is 9.69 Å². The van der Waals surface area contributed by atoms with Crippen molar-refractivity contribution in [3.05, 3.63) is 29.8 Å². The molecule has 1 aliphatic rings. The lowest BCUT2D eigenvalue weighted by molar-refractivity contribution is -0.184. The second-order valence-corrected chi connectivity index (χ2v) is 6.22. The van der Waals surface area contributed by atoms with Crippen LogP contribution in [0.1, 0.15) is 18.9 Å². The van der Waals surface area contributed by atoms with Crippen molar-refractivity contribution in [2.75, 3.05) is 39.3 Å². The van der Waals surface area contributed by atoms with Gasteiger partial charge in [-0.1, -0.05) is 12.1 Å². The van der Waals surface area contributed by atoms with E-state index in [0.29, 0.717) is 39.2 Å². The molecule has 1 heterocycles. The molecule has 2 N–H and O–H groups in total. The van der Waals surface area contributed by atoms with Crippen molar-refractivity contribution in [1.29, 1.82) is 0 Å². The third-order valence-electron chi connectivity index (χ3n) is 4.34. The van der Waals surface area contributed by atoms with Crippen molar-refractivity contribution in [2.45, 2.75) is 32.0 Å². The maximum Gasteiger partial charge on any atom is 0.405 e. The fourth-order valence-corrected chi connectivity index (χ4v) is 2.92. The number of aryl methyl sites for hydroxylation is 1. The van der Waals surface area contributed by atoms with E-state index in [0.717, 1.165) is 11.3 Å². The van der Waals surface area contributed by atoms with Gasteiger partial charge < -0.3 is 15.4 Å². The van der Waals surface area contributed by atoms with Gasteiger partial charge in [0.05, 0.1) is 6.61 Å². The fraction of sp³-hybridized carbons (Fsp3) is 0.611. The lowest BCUT2D eigenvalue weighted by Gasteiger charge is -2.35. The Morgan fingerprint density at radius 2 is 1.92 bits per heavy atom. The SMILES string of the molecule is CCOc1ccc(CCC(=O)NCC(N2CCNCC2)C(F)(F)F)cc1. The number of piperazine rings is 1. The monoisotopic (exact) mass is 373 g/mol. The third kappa shape index (κ3) is 6.49. The topological polar surface area (TPSA) is 53.6 Å². The normalized spacial score (nSPS) is 16.9. The summed E-state index contributed by atoms with van der Waals surface area (Å²) in [6.07, 6.45) is -3.73. The van der Waals surface area contributed by atoms with E-state index in [4.69, 9.17) is 4.74 Å². The van der Waals surface area contributed by atoms with Crippen LogP contribution in [0.2, 0.25) is 0 Å². The minimum absolute atomic E-state index is 0.153. The molecule has 1 atom stereocenters. The van der Waals surface area contributed by atoms with Crippen LogP contribution in [0.5, 0.6) is 5.75 Å². The number of rotatable bonds is 8. The number of halogens is 3. The van der Waals surface area contributed by atoms with Crippen LogP contribution in [-0.4, -0.2) is 62.4 Å². The fourth-order valence-electron chi connectivity index (χ4n) is 2.92. The molecular formula is C18H26F3N3O2. The molecule has 1 aromatic carbocycles. The first-order chi connectivity index (χ1) is 12.4. The highest BCUT2D eigenvalue weighted by Crippen LogP contribution is 2.24. The third-order valence-corrected chi connectivity index (χ3v) is 4.34. The lowest BCUT2D eigenvalue weighted by Crippen LogP contribution is -2.57. The molecule has 8 heteroatoms. The Bertz CT molecular complexity index is 558. The molecule has 1 aromatic rings. The molecule has 0 aromatic heterocycles. The van der Waals surface area contributed by atoms with Gasteiger partial charge in [-0.2, -0.15) is 13.2 Å². The van der Waals surface area contributed by atoms with E-state index in [1.807, 2.05) is 31.2 Å². The molecule has 0 radical (unpaired) electrons. The van der Waals surface area contributed by atoms with Crippen LogP contribution in [0.25, 0.3) is 0 Å². The van der Waals surface area contributed by atoms with Gasteiger partial charge in [0.25, 0.3) is 0 Å². The van der Waals surface area contributed by atoms with Gasteiger partial charge in [-0.05, 0) is 31.0 Å². The summed E-state index contributed by atoms with van der Waals surface area (Å²) < 4.78 is 45.2. The Morgan fingerprint density at radius 1 is 1.27 bits per heavy atom. The van der Waals surface area contributed by atoms with Crippen LogP contribution in [0.3, 0.4) is 0 Å². The van der Waals surface area contributed by atoms with Crippen LogP contribution in [0, 0.1) is 0 Å². The first-order valence-corrected chi connectivity index (χ1v) is 8.90. The van der Waals surface area contributed by atoms with Crippen LogP contribution in [0.15, 0.2) is 24.3 Å². The molecule has 1 amide bonds. The average Bonchev–Trinajstić information content (AvgIpc) is 2.61. The number of carbonyl (C=O) groups excluding carboxylic acids is 1. The van der Waals surface area contributed by atoms with E-state index in [-0.39, 0.29) is 12.3 Å². The first kappa shape index (κ1) is 20.5. The molecule has 2 rings (SSSR count). The smallest absolute Gasteiger partial charge is 0.405 e. The van der Waals surface area contributed by atoms with E-state index in [1.165, 1.54) is 4.90 Å². The summed E-state index contributed by atoms with van der Waals surface area (Å²) in [6.45, 7) is 3.77. The molecule has 146 valence electrons. The Morgan fingerprint density at radius 3 is 2.50 bits per heavy atom. The first-order valence-electron chi connectivity index (χ1n) is 8.90. The predicted molar refractivity (Wildman–Crippen MR) is 93.2 cm³/mol. The highest BCUT2D eigenvalue weighted by molar-refractivity contribution is 5.76. The van der Waals surface area contributed by atoms with E-state index in [1.54, 1.807) is 0 Å². The van der Waals surface area contributed by atoms with Gasteiger partial charge in [0.15, 0.2) is 0 Å². The number of hydrogen-bond donors (Lipinski definition) is 2. The van der Waals surface area contributed by atoms with Gasteiger partial charge in [-0.15, -0.1) is 0 Å². The molecule has 1 fully saturated rings. The van der Waals surface area contributed by atoms with E-state index in [2.05, 4.69) is 10.6 Å². The Balaban J connectivity index is 1.80. The molecule has 1 saturated heterocycles. The van der Waals surface area contributed by atoms with Gasteiger partial charge >= 0.3 is 6.18 Å². The van der Waals surface area contributed by atoms with Crippen molar-refractivity contribution >= 4 is 5.91 Å². The predicted octanol–water partition coefficient (Wildman–Crippen LogP) is 1.97. The summed E-state index contributed by atoms with van der Waals surface area (Å²) in [4.78, 5) is 13.3. The highest BCUT2D eigenvalue weighted by Gasteiger charge is 2.43. The lowest BCUT2D eigenvalue weighted by atomic mass is 10.1. The number of nitrogens with zero attached hydrogens (tertiary/aromatic N) is 1. The Kier molecular flexibility index (Phi) is 7.71. The molecule has 0 spiro atoms. The average molecular weight is 373 g/mol. The Hall–Kier alpha value is -1.80. The summed E-state index contributed by atoms with van der Waals surface area (Å²) in [6, 6.07) is 5.72. The summed E-state index contributed by atoms with van der Waals surface area (Å²) in [5.41, 5.74) is 0.943. The van der Waals surface area contributed by atoms with Gasteiger partial charge in [-0.25, -0.2) is 0 Å². The van der Waals surface area contributed by atoms with Crippen molar-refractivity contribution in [1.82, 2.24) is 15.5 Å². The number of alkyl halides is 3. The standard InChI is InChI=1S/C18H26F3N3O2/c1-2-26-15-6-3-14(4-7-15)5-8-17(25)23-13-16(18(19,20)21)24-11-9-22-10-12-24/h3-4,6-7,16,22H,2,5,8-13H2,1H3,(H,23,25). The number of ether oxygens (including phenoxy) is 1. The molecule has 0 bridgehead atoms. The highest BCUT2D eigenvalue weighted by atomic mass is 19.4. The maximum absolute atomic E-state index is 13.3. The Labute approximate surface area is 151 Å². The quantitative estimate of drug-likeness (QED) is 0.732. The van der Waals surface area contributed by atoms with Crippen molar-refractivity contribution < 1.29 is 22.7 Å². The number of amides is 1. The molecular weight excluding hydrogens is 347 g/mol. The van der Waals surface area contributed by atoms with Crippen LogP contribution < -0.4 is 15.4 Å². The number of benzene rings is 1. The van der Waals surface area contributed by atoms with Crippen LogP contribution >= 0.6 is 0 Å². The molecule has 0 saturated carbocycles. The number of nitrogens with one attached hydrogen (secondary N) is 2. The second-order valence-electron chi connectivity index (χ2n) is 6.22. The van der Waals surface area contributed by atoms with Crippen molar-refractivity contribution in [3.8, 4) is 5.75 Å². The summed E-state index contributed by atoms with van der Waals surface area (Å²) in [5.74, 6) is 0.382. The second kappa shape index (κ2) is 9.78. The minimum atomic E-state index is -4.36. The van der Waals surface area contributed by atoms with Crippen LogP contribution in [0.4, 0.5) is 13.2 Å². The van der Waals surface area contributed by atoms with Crippen molar-refractivity contribution in [3.63, 3.8) is 0 Å². The van der Waals surface area contributed by atoms with E-state index < -0.39 is 18.8 Å². The zero-order valence-corrected chi connectivity index (χ0v) is 14.9. The number of hydrogen-bond acceptors (Lipinski definition) is 4. The summed E-state index contributed by atoms with van der Waals surface area (Å²) in [7, 11) is 0. The molecule has 1 unspecified atom stereocenters. The minimum Gasteiger partial charge on any atom is -0.494 e. The molecule has 1 aliphatic heterocycles. The molecule has 26 heavy (non-hydrogen) atoms. The maximum atomic E-state index is 13.3. The molecule has 5 nitrogen and oxygen atoms in total. The largest absolute Gasteiger partial charge is 0.494 e. The summed E-state index contributed by atoms with van der Waals surface area (Å²) in [5, 5.41) is 5.47. The van der Waals surface area contributed by atoms with Gasteiger partial charge in [0, 0.05) is 39.1 Å². The van der Waals surface area contributed by atoms with E-state index >= 15 is 0 Å².